The van der Waals surface area contributed by atoms with Crippen molar-refractivity contribution in [1.29, 1.82) is 0 Å². The van der Waals surface area contributed by atoms with Crippen LogP contribution in [0.1, 0.15) is 0 Å². The van der Waals surface area contributed by atoms with Crippen molar-refractivity contribution in [2.45, 2.75) is 0 Å². The molecule has 0 aliphatic rings. The summed E-state index contributed by atoms with van der Waals surface area (Å²) in [5.41, 5.74) is 6.96. The lowest BCUT2D eigenvalue weighted by atomic mass is 10.2. The third-order valence-electron chi connectivity index (χ3n) is 1.78. The molecule has 1 aromatic rings. The number of ether oxygens (including phenoxy) is 1. The van der Waals surface area contributed by atoms with Crippen molar-refractivity contribution in [3.63, 3.8) is 0 Å². The van der Waals surface area contributed by atoms with Crippen LogP contribution in [0.3, 0.4) is 0 Å². The van der Waals surface area contributed by atoms with Crippen LogP contribution in [-0.2, 0) is 0 Å². The Morgan fingerprint density at radius 2 is 2.07 bits per heavy atom. The number of hydrogen-bond acceptors (Lipinski definition) is 5. The molecule has 0 bridgehead atoms. The lowest BCUT2D eigenvalue weighted by Gasteiger charge is -2.12. The van der Waals surface area contributed by atoms with Gasteiger partial charge in [0.05, 0.1) is 18.9 Å². The fourth-order valence-corrected chi connectivity index (χ4v) is 1.16. The number of aliphatic hydroxyl groups is 2. The smallest absolute Gasteiger partial charge is 0.142 e. The monoisotopic (exact) mass is 212 g/mol. The second-order valence-electron chi connectivity index (χ2n) is 2.98. The molecule has 0 aromatic heterocycles. The van der Waals surface area contributed by atoms with Gasteiger partial charge >= 0.3 is 0 Å². The van der Waals surface area contributed by atoms with E-state index in [-0.39, 0.29) is 19.8 Å². The molecule has 0 unspecified atom stereocenters. The Hall–Kier alpha value is -1.46. The van der Waals surface area contributed by atoms with Crippen molar-refractivity contribution in [2.75, 3.05) is 37.4 Å². The first-order valence-electron chi connectivity index (χ1n) is 4.76. The second kappa shape index (κ2) is 6.10. The van der Waals surface area contributed by atoms with E-state index >= 15 is 0 Å². The lowest BCUT2D eigenvalue weighted by molar-refractivity contribution is 0.202. The predicted octanol–water partition coefficient (Wildman–Crippen LogP) is 0.0441. The van der Waals surface area contributed by atoms with Crippen molar-refractivity contribution in [2.24, 2.45) is 0 Å². The van der Waals surface area contributed by atoms with E-state index in [1.54, 1.807) is 18.2 Å². The van der Waals surface area contributed by atoms with Crippen LogP contribution in [0.5, 0.6) is 5.75 Å². The van der Waals surface area contributed by atoms with Crippen LogP contribution in [0.2, 0.25) is 0 Å². The second-order valence-corrected chi connectivity index (χ2v) is 2.98. The van der Waals surface area contributed by atoms with Gasteiger partial charge in [-0.15, -0.1) is 0 Å². The van der Waals surface area contributed by atoms with Crippen LogP contribution in [0.15, 0.2) is 18.2 Å². The van der Waals surface area contributed by atoms with Crippen molar-refractivity contribution < 1.29 is 14.9 Å². The molecule has 84 valence electrons. The highest BCUT2D eigenvalue weighted by molar-refractivity contribution is 5.63. The van der Waals surface area contributed by atoms with Gasteiger partial charge in [-0.2, -0.15) is 0 Å². The zero-order valence-electron chi connectivity index (χ0n) is 8.44. The molecule has 0 radical (unpaired) electrons. The molecule has 5 nitrogen and oxygen atoms in total. The first-order chi connectivity index (χ1) is 7.27. The van der Waals surface area contributed by atoms with Crippen LogP contribution in [0, 0.1) is 0 Å². The largest absolute Gasteiger partial charge is 0.489 e. The highest BCUT2D eigenvalue weighted by Gasteiger charge is 2.03. The minimum Gasteiger partial charge on any atom is -0.489 e. The summed E-state index contributed by atoms with van der Waals surface area (Å²) in [6.45, 7) is 0.661. The first kappa shape index (κ1) is 11.6. The number of hydrogen-bond donors (Lipinski definition) is 4. The van der Waals surface area contributed by atoms with Gasteiger partial charge in [0.15, 0.2) is 0 Å². The Labute approximate surface area is 88.5 Å². The van der Waals surface area contributed by atoms with Gasteiger partial charge in [-0.3, -0.25) is 0 Å². The third kappa shape index (κ3) is 3.65. The fraction of sp³-hybridized carbons (Fsp3) is 0.400. The molecular formula is C10H16N2O3. The van der Waals surface area contributed by atoms with Crippen LogP contribution in [-0.4, -0.2) is 36.6 Å². The Morgan fingerprint density at radius 1 is 1.27 bits per heavy atom. The lowest BCUT2D eigenvalue weighted by Crippen LogP contribution is -2.09. The summed E-state index contributed by atoms with van der Waals surface area (Å²) in [4.78, 5) is 0. The van der Waals surface area contributed by atoms with Gasteiger partial charge < -0.3 is 26.0 Å². The van der Waals surface area contributed by atoms with Gasteiger partial charge in [-0.1, -0.05) is 0 Å². The summed E-state index contributed by atoms with van der Waals surface area (Å²) in [5, 5.41) is 20.3. The maximum Gasteiger partial charge on any atom is 0.142 e. The number of nitrogens with one attached hydrogen (secondary N) is 1. The Bertz CT molecular complexity index is 305. The highest BCUT2D eigenvalue weighted by atomic mass is 16.5. The van der Waals surface area contributed by atoms with E-state index < -0.39 is 0 Å². The summed E-state index contributed by atoms with van der Waals surface area (Å²) in [6.07, 6.45) is 0. The molecule has 0 atom stereocenters. The number of nitrogens with two attached hydrogens (primary N) is 1. The summed E-state index contributed by atoms with van der Waals surface area (Å²) in [5.74, 6) is 0.617. The van der Waals surface area contributed by atoms with Crippen LogP contribution in [0.25, 0.3) is 0 Å². The maximum absolute atomic E-state index is 8.69. The standard InChI is InChI=1S/C10H16N2O3/c11-8-1-2-10(15-6-5-14)9(7-8)12-3-4-13/h1-2,7,12-14H,3-6,11H2. The molecule has 5 N–H and O–H groups in total. The molecule has 0 heterocycles. The van der Waals surface area contributed by atoms with E-state index in [1.807, 2.05) is 0 Å². The number of aliphatic hydroxyl groups excluding tert-OH is 2. The minimum absolute atomic E-state index is 0.0360. The Balaban J connectivity index is 2.73. The summed E-state index contributed by atoms with van der Waals surface area (Å²) in [6, 6.07) is 5.17. The van der Waals surface area contributed by atoms with E-state index in [0.717, 1.165) is 5.69 Å². The van der Waals surface area contributed by atoms with Crippen molar-refractivity contribution in [3.05, 3.63) is 18.2 Å². The molecular weight excluding hydrogens is 196 g/mol. The van der Waals surface area contributed by atoms with Gasteiger partial charge in [-0.25, -0.2) is 0 Å². The number of benzene rings is 1. The van der Waals surface area contributed by atoms with Crippen LogP contribution >= 0.6 is 0 Å². The van der Waals surface area contributed by atoms with Crippen molar-refractivity contribution in [1.82, 2.24) is 0 Å². The zero-order valence-corrected chi connectivity index (χ0v) is 8.44. The molecule has 0 aliphatic heterocycles. The molecule has 15 heavy (non-hydrogen) atoms. The molecule has 5 heteroatoms. The zero-order chi connectivity index (χ0) is 11.1. The summed E-state index contributed by atoms with van der Waals surface area (Å²) < 4.78 is 5.29. The van der Waals surface area contributed by atoms with Gasteiger partial charge in [0, 0.05) is 12.2 Å². The van der Waals surface area contributed by atoms with Gasteiger partial charge in [0.1, 0.15) is 12.4 Å². The molecule has 0 saturated heterocycles. The summed E-state index contributed by atoms with van der Waals surface area (Å²) >= 11 is 0. The van der Waals surface area contributed by atoms with E-state index in [9.17, 15) is 0 Å². The van der Waals surface area contributed by atoms with E-state index in [4.69, 9.17) is 20.7 Å². The first-order valence-corrected chi connectivity index (χ1v) is 4.76. The van der Waals surface area contributed by atoms with E-state index in [2.05, 4.69) is 5.32 Å². The molecule has 0 aliphatic carbocycles. The van der Waals surface area contributed by atoms with Gasteiger partial charge in [-0.05, 0) is 18.2 Å². The fourth-order valence-electron chi connectivity index (χ4n) is 1.16. The molecule has 0 spiro atoms. The average molecular weight is 212 g/mol. The van der Waals surface area contributed by atoms with Gasteiger partial charge in [0.2, 0.25) is 0 Å². The predicted molar refractivity (Wildman–Crippen MR) is 59.0 cm³/mol. The molecule has 0 fully saturated rings. The molecule has 0 saturated carbocycles. The Morgan fingerprint density at radius 3 is 2.73 bits per heavy atom. The topological polar surface area (TPSA) is 87.7 Å². The SMILES string of the molecule is Nc1ccc(OCCO)c(NCCO)c1. The normalized spacial score (nSPS) is 10.0. The van der Waals surface area contributed by atoms with E-state index in [1.165, 1.54) is 0 Å². The third-order valence-corrected chi connectivity index (χ3v) is 1.78. The van der Waals surface area contributed by atoms with Crippen molar-refractivity contribution >= 4 is 11.4 Å². The highest BCUT2D eigenvalue weighted by Crippen LogP contribution is 2.26. The average Bonchev–Trinajstić information content (AvgIpc) is 2.25. The van der Waals surface area contributed by atoms with Crippen LogP contribution < -0.4 is 15.8 Å². The quantitative estimate of drug-likeness (QED) is 0.500. The van der Waals surface area contributed by atoms with Crippen LogP contribution in [0.4, 0.5) is 11.4 Å². The summed E-state index contributed by atoms with van der Waals surface area (Å²) in [7, 11) is 0. The molecule has 1 rings (SSSR count). The Kier molecular flexibility index (Phi) is 4.73. The van der Waals surface area contributed by atoms with Crippen molar-refractivity contribution in [3.8, 4) is 5.75 Å². The number of nitrogen functional groups attached to an aromatic ring is 1. The number of anilines is 2. The van der Waals surface area contributed by atoms with E-state index in [0.29, 0.717) is 18.0 Å². The maximum atomic E-state index is 8.69. The minimum atomic E-state index is -0.0379. The molecule has 0 amide bonds. The number of rotatable bonds is 6. The molecule has 1 aromatic carbocycles. The van der Waals surface area contributed by atoms with Gasteiger partial charge in [0.25, 0.3) is 0 Å².